The Hall–Kier alpha value is -1.63. The van der Waals surface area contributed by atoms with Crippen molar-refractivity contribution in [2.75, 3.05) is 13.1 Å². The first-order valence-corrected chi connectivity index (χ1v) is 7.04. The molecule has 0 unspecified atom stereocenters. The van der Waals surface area contributed by atoms with Crippen molar-refractivity contribution >= 4 is 27.7 Å². The third-order valence-corrected chi connectivity index (χ3v) is 4.13. The van der Waals surface area contributed by atoms with Crippen LogP contribution in [0, 0.1) is 11.7 Å². The lowest BCUT2D eigenvalue weighted by Crippen LogP contribution is -2.41. The molecule has 0 aromatic heterocycles. The molecular formula is C13H15BrFN3O2. The van der Waals surface area contributed by atoms with Crippen molar-refractivity contribution in [1.82, 2.24) is 4.90 Å². The third-order valence-electron chi connectivity index (χ3n) is 3.48. The zero-order valence-corrected chi connectivity index (χ0v) is 12.3. The Kier molecular flexibility index (Phi) is 4.59. The molecule has 1 aliphatic rings. The Balaban J connectivity index is 2.05. The van der Waals surface area contributed by atoms with Crippen molar-refractivity contribution in [3.63, 3.8) is 0 Å². The normalized spacial score (nSPS) is 17.3. The Bertz CT molecular complexity index is 542. The Labute approximate surface area is 124 Å². The van der Waals surface area contributed by atoms with E-state index in [1.54, 1.807) is 4.90 Å². The Morgan fingerprint density at radius 3 is 2.65 bits per heavy atom. The van der Waals surface area contributed by atoms with Crippen molar-refractivity contribution in [2.24, 2.45) is 16.8 Å². The van der Waals surface area contributed by atoms with Crippen LogP contribution in [0.3, 0.4) is 0 Å². The van der Waals surface area contributed by atoms with Crippen LogP contribution in [0.1, 0.15) is 23.2 Å². The van der Waals surface area contributed by atoms with Crippen molar-refractivity contribution in [2.45, 2.75) is 12.8 Å². The highest BCUT2D eigenvalue weighted by Gasteiger charge is 2.26. The number of likely N-dealkylation sites (tertiary alicyclic amines) is 1. The predicted octanol–water partition coefficient (Wildman–Crippen LogP) is 2.19. The number of hydrogen-bond donors (Lipinski definition) is 2. The van der Waals surface area contributed by atoms with Crippen LogP contribution in [-0.2, 0) is 0 Å². The lowest BCUT2D eigenvalue weighted by Gasteiger charge is -2.31. The summed E-state index contributed by atoms with van der Waals surface area (Å²) < 4.78 is 13.5. The standard InChI is InChI=1S/C13H15BrFN3O2/c14-11-7-9(15)1-2-10(11)13(19)18-5-3-8(4-6-18)12(16)17-20/h1-2,7-8,20H,3-6H2,(H2,16,17). The molecule has 1 aromatic carbocycles. The second kappa shape index (κ2) is 6.21. The molecule has 1 heterocycles. The van der Waals surface area contributed by atoms with Crippen molar-refractivity contribution in [3.05, 3.63) is 34.1 Å². The van der Waals surface area contributed by atoms with Crippen LogP contribution in [-0.4, -0.2) is 34.9 Å². The number of halogens is 2. The summed E-state index contributed by atoms with van der Waals surface area (Å²) in [6.45, 7) is 1.06. The zero-order valence-electron chi connectivity index (χ0n) is 10.7. The van der Waals surface area contributed by atoms with Gasteiger partial charge in [0.1, 0.15) is 11.7 Å². The second-order valence-corrected chi connectivity index (χ2v) is 5.57. The summed E-state index contributed by atoms with van der Waals surface area (Å²) in [6.07, 6.45) is 1.31. The van der Waals surface area contributed by atoms with E-state index >= 15 is 0 Å². The average molecular weight is 344 g/mol. The first-order chi connectivity index (χ1) is 9.52. The SMILES string of the molecule is NC(=NO)C1CCN(C(=O)c2ccc(F)cc2Br)CC1. The summed E-state index contributed by atoms with van der Waals surface area (Å²) in [6, 6.07) is 4.01. The minimum Gasteiger partial charge on any atom is -0.409 e. The molecule has 20 heavy (non-hydrogen) atoms. The van der Waals surface area contributed by atoms with Gasteiger partial charge in [-0.2, -0.15) is 0 Å². The largest absolute Gasteiger partial charge is 0.409 e. The van der Waals surface area contributed by atoms with Crippen LogP contribution in [0.4, 0.5) is 4.39 Å². The van der Waals surface area contributed by atoms with E-state index in [0.29, 0.717) is 36.0 Å². The van der Waals surface area contributed by atoms with Gasteiger partial charge in [0, 0.05) is 23.5 Å². The van der Waals surface area contributed by atoms with Gasteiger partial charge >= 0.3 is 0 Å². The van der Waals surface area contributed by atoms with Crippen molar-refractivity contribution in [3.8, 4) is 0 Å². The number of benzene rings is 1. The number of carbonyl (C=O) groups excluding carboxylic acids is 1. The number of carbonyl (C=O) groups is 1. The number of piperidine rings is 1. The van der Waals surface area contributed by atoms with Crippen LogP contribution in [0.5, 0.6) is 0 Å². The fourth-order valence-electron chi connectivity index (χ4n) is 2.29. The number of nitrogens with two attached hydrogens (primary N) is 1. The molecule has 1 fully saturated rings. The molecule has 0 radical (unpaired) electrons. The molecule has 1 aliphatic heterocycles. The summed E-state index contributed by atoms with van der Waals surface area (Å²) in [5, 5.41) is 11.6. The van der Waals surface area contributed by atoms with Gasteiger partial charge in [0.25, 0.3) is 5.91 Å². The lowest BCUT2D eigenvalue weighted by atomic mass is 9.95. The molecule has 0 atom stereocenters. The highest BCUT2D eigenvalue weighted by atomic mass is 79.9. The van der Waals surface area contributed by atoms with E-state index in [9.17, 15) is 9.18 Å². The van der Waals surface area contributed by atoms with Gasteiger partial charge < -0.3 is 15.8 Å². The smallest absolute Gasteiger partial charge is 0.255 e. The number of hydrogen-bond acceptors (Lipinski definition) is 3. The fraction of sp³-hybridized carbons (Fsp3) is 0.385. The molecule has 1 amide bonds. The summed E-state index contributed by atoms with van der Waals surface area (Å²) in [4.78, 5) is 14.0. The van der Waals surface area contributed by atoms with Gasteiger partial charge in [-0.25, -0.2) is 4.39 Å². The number of rotatable bonds is 2. The molecule has 1 saturated heterocycles. The minimum absolute atomic E-state index is 0.000656. The number of nitrogens with zero attached hydrogens (tertiary/aromatic N) is 2. The zero-order chi connectivity index (χ0) is 14.7. The van der Waals surface area contributed by atoms with Gasteiger partial charge in [0.2, 0.25) is 0 Å². The van der Waals surface area contributed by atoms with E-state index in [2.05, 4.69) is 21.1 Å². The average Bonchev–Trinajstić information content (AvgIpc) is 2.46. The molecular weight excluding hydrogens is 329 g/mol. The van der Waals surface area contributed by atoms with Crippen molar-refractivity contribution < 1.29 is 14.4 Å². The molecule has 108 valence electrons. The van der Waals surface area contributed by atoms with E-state index < -0.39 is 0 Å². The maximum atomic E-state index is 13.0. The van der Waals surface area contributed by atoms with Crippen LogP contribution < -0.4 is 5.73 Å². The first-order valence-electron chi connectivity index (χ1n) is 6.24. The van der Waals surface area contributed by atoms with Gasteiger partial charge in [-0.15, -0.1) is 0 Å². The van der Waals surface area contributed by atoms with Gasteiger partial charge in [0.15, 0.2) is 0 Å². The first kappa shape index (κ1) is 14.8. The van der Waals surface area contributed by atoms with Crippen LogP contribution in [0.15, 0.2) is 27.8 Å². The van der Waals surface area contributed by atoms with Gasteiger partial charge in [-0.05, 0) is 47.0 Å². The summed E-state index contributed by atoms with van der Waals surface area (Å²) in [5.41, 5.74) is 6.01. The number of oxime groups is 1. The number of amides is 1. The van der Waals surface area contributed by atoms with E-state index in [1.807, 2.05) is 0 Å². The summed E-state index contributed by atoms with van der Waals surface area (Å²) in [7, 11) is 0. The van der Waals surface area contributed by atoms with Gasteiger partial charge in [0.05, 0.1) is 5.56 Å². The fourth-order valence-corrected chi connectivity index (χ4v) is 2.81. The number of amidine groups is 1. The van der Waals surface area contributed by atoms with E-state index in [1.165, 1.54) is 18.2 Å². The molecule has 1 aromatic rings. The second-order valence-electron chi connectivity index (χ2n) is 4.72. The third kappa shape index (κ3) is 3.09. The quantitative estimate of drug-likeness (QED) is 0.374. The molecule has 3 N–H and O–H groups in total. The lowest BCUT2D eigenvalue weighted by molar-refractivity contribution is 0.0708. The topological polar surface area (TPSA) is 78.9 Å². The summed E-state index contributed by atoms with van der Waals surface area (Å²) in [5.74, 6) is -0.324. The van der Waals surface area contributed by atoms with Crippen LogP contribution in [0.2, 0.25) is 0 Å². The molecule has 0 aliphatic carbocycles. The molecule has 0 spiro atoms. The van der Waals surface area contributed by atoms with Gasteiger partial charge in [-0.1, -0.05) is 5.16 Å². The molecule has 7 heteroatoms. The minimum atomic E-state index is -0.390. The van der Waals surface area contributed by atoms with E-state index in [0.717, 1.165) is 0 Å². The molecule has 5 nitrogen and oxygen atoms in total. The summed E-state index contributed by atoms with van der Waals surface area (Å²) >= 11 is 3.20. The molecule has 0 saturated carbocycles. The Morgan fingerprint density at radius 1 is 1.45 bits per heavy atom. The molecule has 2 rings (SSSR count). The Morgan fingerprint density at radius 2 is 2.10 bits per heavy atom. The van der Waals surface area contributed by atoms with E-state index in [-0.39, 0.29) is 23.5 Å². The van der Waals surface area contributed by atoms with Crippen LogP contribution >= 0.6 is 15.9 Å². The maximum Gasteiger partial charge on any atom is 0.255 e. The van der Waals surface area contributed by atoms with Crippen LogP contribution in [0.25, 0.3) is 0 Å². The monoisotopic (exact) mass is 343 g/mol. The maximum absolute atomic E-state index is 13.0. The van der Waals surface area contributed by atoms with Crippen molar-refractivity contribution in [1.29, 1.82) is 0 Å². The highest BCUT2D eigenvalue weighted by Crippen LogP contribution is 2.23. The van der Waals surface area contributed by atoms with Gasteiger partial charge in [-0.3, -0.25) is 4.79 Å². The highest BCUT2D eigenvalue weighted by molar-refractivity contribution is 9.10. The predicted molar refractivity (Wildman–Crippen MR) is 76.1 cm³/mol. The molecule has 0 bridgehead atoms. The van der Waals surface area contributed by atoms with E-state index in [4.69, 9.17) is 10.9 Å².